The first kappa shape index (κ1) is 13.1. The monoisotopic (exact) mass is 253 g/mol. The third kappa shape index (κ3) is 3.09. The van der Waals surface area contributed by atoms with Gasteiger partial charge in [-0.15, -0.1) is 0 Å². The molecule has 2 fully saturated rings. The molecular weight excluding hydrogens is 234 g/mol. The first-order valence-electron chi connectivity index (χ1n) is 6.68. The molecule has 0 aromatic rings. The van der Waals surface area contributed by atoms with E-state index < -0.39 is 23.8 Å². The van der Waals surface area contributed by atoms with Crippen molar-refractivity contribution in [3.63, 3.8) is 0 Å². The lowest BCUT2D eigenvalue weighted by Crippen LogP contribution is -2.33. The normalized spacial score (nSPS) is 27.9. The molecular formula is C13H19NO4. The smallest absolute Gasteiger partial charge is 0.338 e. The fourth-order valence-corrected chi connectivity index (χ4v) is 2.76. The molecule has 0 saturated heterocycles. The van der Waals surface area contributed by atoms with E-state index in [4.69, 9.17) is 9.94 Å². The average Bonchev–Trinajstić information content (AvgIpc) is 2.89. The molecule has 0 aromatic heterocycles. The minimum Gasteiger partial charge on any atom is -0.481 e. The Kier molecular flexibility index (Phi) is 4.33. The summed E-state index contributed by atoms with van der Waals surface area (Å²) in [5.74, 6) is -2.50. The largest absolute Gasteiger partial charge is 0.481 e. The molecule has 2 aliphatic rings. The van der Waals surface area contributed by atoms with Gasteiger partial charge >= 0.3 is 11.9 Å². The summed E-state index contributed by atoms with van der Waals surface area (Å²) >= 11 is 0. The van der Waals surface area contributed by atoms with Crippen LogP contribution in [0.5, 0.6) is 0 Å². The molecule has 2 aliphatic carbocycles. The molecule has 5 heteroatoms. The summed E-state index contributed by atoms with van der Waals surface area (Å²) in [6.45, 7) is 0. The maximum Gasteiger partial charge on any atom is 0.338 e. The Morgan fingerprint density at radius 2 is 1.67 bits per heavy atom. The van der Waals surface area contributed by atoms with Gasteiger partial charge in [-0.2, -0.15) is 0 Å². The van der Waals surface area contributed by atoms with Crippen molar-refractivity contribution in [3.05, 3.63) is 0 Å². The van der Waals surface area contributed by atoms with E-state index in [1.807, 2.05) is 0 Å². The van der Waals surface area contributed by atoms with Crippen LogP contribution in [0.2, 0.25) is 0 Å². The molecule has 1 N–H and O–H groups in total. The zero-order valence-electron chi connectivity index (χ0n) is 10.4. The highest BCUT2D eigenvalue weighted by molar-refractivity contribution is 5.87. The van der Waals surface area contributed by atoms with Gasteiger partial charge in [0.25, 0.3) is 0 Å². The van der Waals surface area contributed by atoms with Crippen LogP contribution in [0.25, 0.3) is 0 Å². The first-order chi connectivity index (χ1) is 8.68. The predicted octanol–water partition coefficient (Wildman–Crippen LogP) is 2.35. The van der Waals surface area contributed by atoms with Gasteiger partial charge in [-0.05, 0) is 38.5 Å². The summed E-state index contributed by atoms with van der Waals surface area (Å²) in [5, 5.41) is 13.0. The number of nitrogens with zero attached hydrogens (tertiary/aromatic N) is 1. The summed E-state index contributed by atoms with van der Waals surface area (Å²) in [5.41, 5.74) is 0.922. The minimum atomic E-state index is -0.898. The maximum atomic E-state index is 11.9. The Hall–Kier alpha value is -1.39. The Morgan fingerprint density at radius 3 is 2.28 bits per heavy atom. The number of carbonyl (C=O) groups is 2. The van der Waals surface area contributed by atoms with E-state index in [9.17, 15) is 9.59 Å². The summed E-state index contributed by atoms with van der Waals surface area (Å²) < 4.78 is 0. The zero-order valence-corrected chi connectivity index (χ0v) is 10.4. The van der Waals surface area contributed by atoms with Crippen molar-refractivity contribution in [2.24, 2.45) is 17.0 Å². The molecule has 0 aromatic carbocycles. The lowest BCUT2D eigenvalue weighted by atomic mass is 9.79. The van der Waals surface area contributed by atoms with Crippen LogP contribution in [0.15, 0.2) is 5.16 Å². The second-order valence-electron chi connectivity index (χ2n) is 5.11. The van der Waals surface area contributed by atoms with Gasteiger partial charge in [0, 0.05) is 0 Å². The highest BCUT2D eigenvalue weighted by Crippen LogP contribution is 2.31. The van der Waals surface area contributed by atoms with Crippen molar-refractivity contribution < 1.29 is 19.5 Å². The third-order valence-electron chi connectivity index (χ3n) is 3.83. The van der Waals surface area contributed by atoms with Gasteiger partial charge < -0.3 is 9.94 Å². The van der Waals surface area contributed by atoms with Crippen LogP contribution in [-0.2, 0) is 14.4 Å². The third-order valence-corrected chi connectivity index (χ3v) is 3.83. The SMILES string of the molecule is O=C(O)[C@H]1CCCC[C@H]1C(=O)ON=C1CCCC1. The van der Waals surface area contributed by atoms with Gasteiger partial charge in [-0.3, -0.25) is 4.79 Å². The molecule has 0 heterocycles. The van der Waals surface area contributed by atoms with Crippen molar-refractivity contribution in [3.8, 4) is 0 Å². The Bertz CT molecular complexity index is 356. The van der Waals surface area contributed by atoms with Gasteiger partial charge in [-0.1, -0.05) is 18.0 Å². The predicted molar refractivity (Wildman–Crippen MR) is 65.1 cm³/mol. The molecule has 0 unspecified atom stereocenters. The number of carboxylic acids is 1. The summed E-state index contributed by atoms with van der Waals surface area (Å²) in [6, 6.07) is 0. The first-order valence-corrected chi connectivity index (χ1v) is 6.68. The van der Waals surface area contributed by atoms with Gasteiger partial charge in [0.15, 0.2) is 0 Å². The van der Waals surface area contributed by atoms with E-state index in [2.05, 4.69) is 5.16 Å². The Labute approximate surface area is 106 Å². The second kappa shape index (κ2) is 5.98. The molecule has 0 aliphatic heterocycles. The fraction of sp³-hybridized carbons (Fsp3) is 0.769. The highest BCUT2D eigenvalue weighted by atomic mass is 16.7. The van der Waals surface area contributed by atoms with E-state index in [0.29, 0.717) is 12.8 Å². The summed E-state index contributed by atoms with van der Waals surface area (Å²) in [4.78, 5) is 27.9. The van der Waals surface area contributed by atoms with Crippen LogP contribution in [-0.4, -0.2) is 22.8 Å². The van der Waals surface area contributed by atoms with E-state index in [0.717, 1.165) is 44.2 Å². The van der Waals surface area contributed by atoms with Crippen LogP contribution < -0.4 is 0 Å². The molecule has 2 atom stereocenters. The quantitative estimate of drug-likeness (QED) is 0.618. The summed E-state index contributed by atoms with van der Waals surface area (Å²) in [6.07, 6.45) is 6.89. The molecule has 18 heavy (non-hydrogen) atoms. The molecule has 0 spiro atoms. The van der Waals surface area contributed by atoms with Crippen molar-refractivity contribution >= 4 is 17.7 Å². The Balaban J connectivity index is 1.93. The lowest BCUT2D eigenvalue weighted by molar-refractivity contribution is -0.159. The van der Waals surface area contributed by atoms with Crippen LogP contribution >= 0.6 is 0 Å². The lowest BCUT2D eigenvalue weighted by Gasteiger charge is -2.25. The van der Waals surface area contributed by atoms with Gasteiger partial charge in [-0.25, -0.2) is 4.79 Å². The molecule has 2 rings (SSSR count). The fourth-order valence-electron chi connectivity index (χ4n) is 2.76. The number of hydrogen-bond donors (Lipinski definition) is 1. The highest BCUT2D eigenvalue weighted by Gasteiger charge is 2.37. The number of hydrogen-bond acceptors (Lipinski definition) is 4. The van der Waals surface area contributed by atoms with E-state index in [1.165, 1.54) is 0 Å². The number of aliphatic carboxylic acids is 1. The Morgan fingerprint density at radius 1 is 1.06 bits per heavy atom. The number of rotatable bonds is 3. The standard InChI is InChI=1S/C13H19NO4/c15-12(16)10-7-3-4-8-11(10)13(17)18-14-9-5-1-2-6-9/h10-11H,1-8H2,(H,15,16)/t10-,11+/m0/s1. The van der Waals surface area contributed by atoms with Gasteiger partial charge in [0.05, 0.1) is 17.5 Å². The molecule has 0 bridgehead atoms. The van der Waals surface area contributed by atoms with Crippen molar-refractivity contribution in [2.75, 3.05) is 0 Å². The van der Waals surface area contributed by atoms with E-state index in [1.54, 1.807) is 0 Å². The van der Waals surface area contributed by atoms with Crippen LogP contribution in [0.3, 0.4) is 0 Å². The maximum absolute atomic E-state index is 11.9. The second-order valence-corrected chi connectivity index (χ2v) is 5.11. The molecule has 0 amide bonds. The molecule has 100 valence electrons. The molecule has 0 radical (unpaired) electrons. The zero-order chi connectivity index (χ0) is 13.0. The molecule has 2 saturated carbocycles. The number of oxime groups is 1. The minimum absolute atomic E-state index is 0.471. The number of carboxylic acid groups (broad SMARTS) is 1. The van der Waals surface area contributed by atoms with Crippen molar-refractivity contribution in [1.82, 2.24) is 0 Å². The topological polar surface area (TPSA) is 76.0 Å². The van der Waals surface area contributed by atoms with Crippen LogP contribution in [0.1, 0.15) is 51.4 Å². The van der Waals surface area contributed by atoms with E-state index >= 15 is 0 Å². The average molecular weight is 253 g/mol. The van der Waals surface area contributed by atoms with Gasteiger partial charge in [0.2, 0.25) is 0 Å². The van der Waals surface area contributed by atoms with Crippen LogP contribution in [0.4, 0.5) is 0 Å². The van der Waals surface area contributed by atoms with Crippen molar-refractivity contribution in [1.29, 1.82) is 0 Å². The van der Waals surface area contributed by atoms with Crippen molar-refractivity contribution in [2.45, 2.75) is 51.4 Å². The van der Waals surface area contributed by atoms with Crippen LogP contribution in [0, 0.1) is 11.8 Å². The van der Waals surface area contributed by atoms with E-state index in [-0.39, 0.29) is 0 Å². The molecule has 5 nitrogen and oxygen atoms in total. The summed E-state index contributed by atoms with van der Waals surface area (Å²) in [7, 11) is 0. The van der Waals surface area contributed by atoms with Gasteiger partial charge in [0.1, 0.15) is 0 Å². The number of carbonyl (C=O) groups excluding carboxylic acids is 1.